The average Bonchev–Trinajstić information content (AvgIpc) is 2.43. The van der Waals surface area contributed by atoms with E-state index in [0.29, 0.717) is 14.8 Å². The number of carbonyl (C=O) groups is 2. The molecule has 88 valence electrons. The molecule has 0 unspecified atom stereocenters. The largest absolute Gasteiger partial charge is 0.486 e. The van der Waals surface area contributed by atoms with Gasteiger partial charge in [-0.1, -0.05) is 0 Å². The number of hydrogen-bond donors (Lipinski definition) is 0. The SMILES string of the molecule is CCOC1=C(OCC)C(=O)C(=C(I)I)C1=O. The Morgan fingerprint density at radius 3 is 1.62 bits per heavy atom. The fraction of sp³-hybridized carbons (Fsp3) is 0.400. The Morgan fingerprint density at radius 2 is 1.38 bits per heavy atom. The van der Waals surface area contributed by atoms with Gasteiger partial charge in [0.2, 0.25) is 23.1 Å². The molecule has 0 aromatic rings. The lowest BCUT2D eigenvalue weighted by Crippen LogP contribution is -2.06. The van der Waals surface area contributed by atoms with E-state index in [4.69, 9.17) is 9.47 Å². The summed E-state index contributed by atoms with van der Waals surface area (Å²) in [7, 11) is 0. The quantitative estimate of drug-likeness (QED) is 0.377. The van der Waals surface area contributed by atoms with Crippen molar-refractivity contribution in [3.8, 4) is 0 Å². The normalized spacial score (nSPS) is 15.9. The van der Waals surface area contributed by atoms with E-state index < -0.39 is 0 Å². The summed E-state index contributed by atoms with van der Waals surface area (Å²) in [6.45, 7) is 4.17. The molecule has 0 saturated heterocycles. The van der Waals surface area contributed by atoms with Gasteiger partial charge in [-0.25, -0.2) is 0 Å². The van der Waals surface area contributed by atoms with E-state index in [1.54, 1.807) is 13.8 Å². The minimum absolute atomic E-state index is 0.0372. The summed E-state index contributed by atoms with van der Waals surface area (Å²) in [6.07, 6.45) is 0. The second kappa shape index (κ2) is 5.99. The van der Waals surface area contributed by atoms with Crippen LogP contribution in [-0.2, 0) is 19.1 Å². The van der Waals surface area contributed by atoms with Crippen molar-refractivity contribution in [2.75, 3.05) is 13.2 Å². The average molecular weight is 448 g/mol. The van der Waals surface area contributed by atoms with Crippen molar-refractivity contribution in [3.63, 3.8) is 0 Å². The van der Waals surface area contributed by atoms with Crippen LogP contribution in [0.25, 0.3) is 0 Å². The van der Waals surface area contributed by atoms with E-state index in [0.717, 1.165) is 0 Å². The van der Waals surface area contributed by atoms with Crippen LogP contribution in [0, 0.1) is 0 Å². The molecule has 0 saturated carbocycles. The highest BCUT2D eigenvalue weighted by Gasteiger charge is 2.40. The van der Waals surface area contributed by atoms with Gasteiger partial charge in [-0.15, -0.1) is 0 Å². The molecule has 0 aromatic heterocycles. The van der Waals surface area contributed by atoms with Crippen molar-refractivity contribution in [2.45, 2.75) is 13.8 Å². The van der Waals surface area contributed by atoms with Gasteiger partial charge in [0.1, 0.15) is 0 Å². The number of ketones is 2. The van der Waals surface area contributed by atoms with Crippen molar-refractivity contribution in [3.05, 3.63) is 18.7 Å². The standard InChI is InChI=1S/C10H10I2O4/c1-3-15-8-6(13)5(10(11)12)7(14)9(8)16-4-2/h3-4H2,1-2H3. The van der Waals surface area contributed by atoms with Crippen LogP contribution in [0.15, 0.2) is 18.7 Å². The highest BCUT2D eigenvalue weighted by molar-refractivity contribution is 14.2. The van der Waals surface area contributed by atoms with E-state index >= 15 is 0 Å². The third-order valence-electron chi connectivity index (χ3n) is 1.84. The zero-order valence-electron chi connectivity index (χ0n) is 8.80. The second-order valence-corrected chi connectivity index (χ2v) is 7.04. The molecule has 1 aliphatic rings. The summed E-state index contributed by atoms with van der Waals surface area (Å²) in [5.74, 6) is -0.687. The first-order chi connectivity index (χ1) is 7.54. The maximum Gasteiger partial charge on any atom is 0.237 e. The highest BCUT2D eigenvalue weighted by atomic mass is 127. The van der Waals surface area contributed by atoms with Crippen molar-refractivity contribution in [2.24, 2.45) is 0 Å². The first-order valence-electron chi connectivity index (χ1n) is 4.69. The van der Waals surface area contributed by atoms with Crippen LogP contribution in [0.3, 0.4) is 0 Å². The van der Waals surface area contributed by atoms with Gasteiger partial charge in [0.25, 0.3) is 0 Å². The number of ether oxygens (including phenoxy) is 2. The summed E-state index contributed by atoms with van der Waals surface area (Å²) in [5.41, 5.74) is 0.146. The smallest absolute Gasteiger partial charge is 0.237 e. The van der Waals surface area contributed by atoms with Gasteiger partial charge in [-0.2, -0.15) is 0 Å². The van der Waals surface area contributed by atoms with Crippen molar-refractivity contribution < 1.29 is 19.1 Å². The zero-order valence-corrected chi connectivity index (χ0v) is 13.1. The molecule has 0 bridgehead atoms. The van der Waals surface area contributed by atoms with Crippen LogP contribution in [0.2, 0.25) is 0 Å². The molecule has 16 heavy (non-hydrogen) atoms. The molecule has 0 radical (unpaired) electrons. The van der Waals surface area contributed by atoms with Crippen LogP contribution in [0.4, 0.5) is 0 Å². The first-order valence-corrected chi connectivity index (χ1v) is 6.84. The summed E-state index contributed by atoms with van der Waals surface area (Å²) >= 11 is 3.88. The van der Waals surface area contributed by atoms with Gasteiger partial charge in [-0.05, 0) is 59.0 Å². The molecule has 1 aliphatic carbocycles. The van der Waals surface area contributed by atoms with Gasteiger partial charge >= 0.3 is 0 Å². The molecule has 1 rings (SSSR count). The lowest BCUT2D eigenvalue weighted by molar-refractivity contribution is -0.117. The molecule has 6 heteroatoms. The van der Waals surface area contributed by atoms with E-state index in [9.17, 15) is 9.59 Å². The Balaban J connectivity index is 3.20. The Labute approximate surface area is 121 Å². The molecule has 0 heterocycles. The lowest BCUT2D eigenvalue weighted by Gasteiger charge is -2.05. The topological polar surface area (TPSA) is 52.6 Å². The van der Waals surface area contributed by atoms with Crippen LogP contribution in [-0.4, -0.2) is 24.8 Å². The van der Waals surface area contributed by atoms with Crippen LogP contribution in [0.1, 0.15) is 13.8 Å². The Kier molecular flexibility index (Phi) is 5.22. The predicted octanol–water partition coefficient (Wildman–Crippen LogP) is 2.50. The Hall–Kier alpha value is -0.120. The van der Waals surface area contributed by atoms with Gasteiger partial charge in [-0.3, -0.25) is 9.59 Å². The molecular weight excluding hydrogens is 438 g/mol. The number of halogens is 2. The van der Waals surface area contributed by atoms with Crippen LogP contribution >= 0.6 is 45.2 Å². The van der Waals surface area contributed by atoms with Crippen LogP contribution in [0.5, 0.6) is 0 Å². The van der Waals surface area contributed by atoms with Crippen LogP contribution < -0.4 is 0 Å². The summed E-state index contributed by atoms with van der Waals surface area (Å²) < 4.78 is 11.0. The second-order valence-electron chi connectivity index (χ2n) is 2.82. The minimum Gasteiger partial charge on any atom is -0.486 e. The maximum atomic E-state index is 11.9. The van der Waals surface area contributed by atoms with E-state index in [2.05, 4.69) is 0 Å². The number of allylic oxidation sites excluding steroid dienone is 2. The fourth-order valence-electron chi connectivity index (χ4n) is 1.26. The van der Waals surface area contributed by atoms with E-state index in [-0.39, 0.29) is 28.7 Å². The summed E-state index contributed by atoms with van der Waals surface area (Å²) in [6, 6.07) is 0. The van der Waals surface area contributed by atoms with Gasteiger partial charge in [0, 0.05) is 0 Å². The molecule has 0 atom stereocenters. The van der Waals surface area contributed by atoms with E-state index in [1.165, 1.54) is 0 Å². The molecular formula is C10H10I2O4. The number of Topliss-reactive ketones (excluding diaryl/α,β-unsaturated/α-hetero) is 2. The molecule has 0 amide bonds. The number of hydrogen-bond acceptors (Lipinski definition) is 4. The van der Waals surface area contributed by atoms with Gasteiger partial charge < -0.3 is 9.47 Å². The fourth-order valence-corrected chi connectivity index (χ4v) is 2.24. The Morgan fingerprint density at radius 1 is 1.00 bits per heavy atom. The summed E-state index contributed by atoms with van der Waals surface area (Å²) in [4.78, 5) is 23.8. The predicted molar refractivity (Wildman–Crippen MR) is 75.4 cm³/mol. The zero-order chi connectivity index (χ0) is 12.3. The highest BCUT2D eigenvalue weighted by Crippen LogP contribution is 2.33. The number of carbonyl (C=O) groups excluding carboxylic acids is 2. The first kappa shape index (κ1) is 13.9. The Bertz CT molecular complexity index is 362. The molecule has 0 fully saturated rings. The van der Waals surface area contributed by atoms with Crippen molar-refractivity contribution in [1.82, 2.24) is 0 Å². The summed E-state index contributed by atoms with van der Waals surface area (Å²) in [5, 5.41) is 0. The lowest BCUT2D eigenvalue weighted by atomic mass is 10.2. The molecule has 0 N–H and O–H groups in total. The third-order valence-corrected chi connectivity index (χ3v) is 2.92. The molecule has 0 aliphatic heterocycles. The molecule has 0 aromatic carbocycles. The third kappa shape index (κ3) is 2.58. The monoisotopic (exact) mass is 448 g/mol. The molecule has 4 nitrogen and oxygen atoms in total. The van der Waals surface area contributed by atoms with Crippen molar-refractivity contribution >= 4 is 56.7 Å². The minimum atomic E-state index is -0.380. The van der Waals surface area contributed by atoms with Gasteiger partial charge in [0.15, 0.2) is 0 Å². The molecule has 0 spiro atoms. The van der Waals surface area contributed by atoms with E-state index in [1.807, 2.05) is 45.2 Å². The number of rotatable bonds is 4. The van der Waals surface area contributed by atoms with Gasteiger partial charge in [0.05, 0.1) is 20.4 Å². The van der Waals surface area contributed by atoms with Crippen molar-refractivity contribution in [1.29, 1.82) is 0 Å². The maximum absolute atomic E-state index is 11.9.